The van der Waals surface area contributed by atoms with Gasteiger partial charge in [-0.25, -0.2) is 0 Å². The summed E-state index contributed by atoms with van der Waals surface area (Å²) in [6.45, 7) is 5.78. The topological polar surface area (TPSA) is 30.0 Å². The lowest BCUT2D eigenvalue weighted by Gasteiger charge is -2.03. The van der Waals surface area contributed by atoms with E-state index in [1.165, 1.54) is 0 Å². The molecular formula is C11H15NO. The minimum absolute atomic E-state index is 0.112. The first-order chi connectivity index (χ1) is 6.09. The van der Waals surface area contributed by atoms with Crippen LogP contribution in [0.15, 0.2) is 18.3 Å². The molecule has 0 saturated carbocycles. The van der Waals surface area contributed by atoms with Crippen molar-refractivity contribution in [3.05, 3.63) is 29.6 Å². The summed E-state index contributed by atoms with van der Waals surface area (Å²) in [5.41, 5.74) is 1.99. The Balaban J connectivity index is 2.65. The van der Waals surface area contributed by atoms with Crippen molar-refractivity contribution < 1.29 is 4.79 Å². The van der Waals surface area contributed by atoms with Crippen LogP contribution in [0.5, 0.6) is 0 Å². The fourth-order valence-corrected chi connectivity index (χ4v) is 1.01. The number of carbonyl (C=O) groups is 1. The van der Waals surface area contributed by atoms with Gasteiger partial charge in [-0.3, -0.25) is 9.78 Å². The van der Waals surface area contributed by atoms with E-state index in [0.717, 1.165) is 11.3 Å². The van der Waals surface area contributed by atoms with E-state index in [-0.39, 0.29) is 11.7 Å². The van der Waals surface area contributed by atoms with Crippen LogP contribution in [0.1, 0.15) is 25.1 Å². The number of ketones is 1. The van der Waals surface area contributed by atoms with E-state index in [1.54, 1.807) is 6.20 Å². The van der Waals surface area contributed by atoms with Gasteiger partial charge >= 0.3 is 0 Å². The molecule has 0 amide bonds. The normalized spacial score (nSPS) is 10.5. The first-order valence-corrected chi connectivity index (χ1v) is 4.54. The highest BCUT2D eigenvalue weighted by Gasteiger charge is 2.07. The van der Waals surface area contributed by atoms with Crippen LogP contribution in [-0.4, -0.2) is 10.8 Å². The van der Waals surface area contributed by atoms with E-state index in [2.05, 4.69) is 4.98 Å². The highest BCUT2D eigenvalue weighted by atomic mass is 16.1. The second-order valence-corrected chi connectivity index (χ2v) is 3.61. The van der Waals surface area contributed by atoms with Crippen molar-refractivity contribution in [3.8, 4) is 0 Å². The standard InChI is InChI=1S/C11H15NO/c1-8(2)11(13)6-10-5-4-9(3)12-7-10/h4-5,7-8H,6H2,1-3H3. The molecule has 0 aliphatic rings. The van der Waals surface area contributed by atoms with Gasteiger partial charge in [-0.1, -0.05) is 19.9 Å². The maximum absolute atomic E-state index is 11.4. The lowest BCUT2D eigenvalue weighted by Crippen LogP contribution is -2.10. The number of carbonyl (C=O) groups excluding carboxylic acids is 1. The Labute approximate surface area is 79.0 Å². The quantitative estimate of drug-likeness (QED) is 0.708. The van der Waals surface area contributed by atoms with Crippen LogP contribution in [-0.2, 0) is 11.2 Å². The minimum atomic E-state index is 0.112. The van der Waals surface area contributed by atoms with E-state index < -0.39 is 0 Å². The molecule has 70 valence electrons. The predicted molar refractivity (Wildman–Crippen MR) is 52.5 cm³/mol. The number of hydrogen-bond donors (Lipinski definition) is 0. The Morgan fingerprint density at radius 2 is 2.15 bits per heavy atom. The molecule has 0 fully saturated rings. The van der Waals surface area contributed by atoms with Gasteiger partial charge in [-0.2, -0.15) is 0 Å². The van der Waals surface area contributed by atoms with Gasteiger partial charge in [0.15, 0.2) is 0 Å². The molecule has 0 bridgehead atoms. The SMILES string of the molecule is Cc1ccc(CC(=O)C(C)C)cn1. The summed E-state index contributed by atoms with van der Waals surface area (Å²) in [6, 6.07) is 3.89. The maximum atomic E-state index is 11.4. The third-order valence-electron chi connectivity index (χ3n) is 1.99. The summed E-state index contributed by atoms with van der Waals surface area (Å²) >= 11 is 0. The molecule has 0 spiro atoms. The zero-order valence-corrected chi connectivity index (χ0v) is 8.37. The van der Waals surface area contributed by atoms with Crippen molar-refractivity contribution in [2.24, 2.45) is 5.92 Å². The summed E-state index contributed by atoms with van der Waals surface area (Å²) in [4.78, 5) is 15.5. The van der Waals surface area contributed by atoms with E-state index in [0.29, 0.717) is 6.42 Å². The van der Waals surface area contributed by atoms with Gasteiger partial charge in [0.05, 0.1) is 0 Å². The first kappa shape index (κ1) is 9.90. The van der Waals surface area contributed by atoms with Gasteiger partial charge in [-0.15, -0.1) is 0 Å². The second-order valence-electron chi connectivity index (χ2n) is 3.61. The largest absolute Gasteiger partial charge is 0.299 e. The molecule has 0 aliphatic carbocycles. The smallest absolute Gasteiger partial charge is 0.139 e. The van der Waals surface area contributed by atoms with Gasteiger partial charge < -0.3 is 0 Å². The molecule has 0 aromatic carbocycles. The highest BCUT2D eigenvalue weighted by molar-refractivity contribution is 5.82. The third kappa shape index (κ3) is 2.98. The minimum Gasteiger partial charge on any atom is -0.299 e. The van der Waals surface area contributed by atoms with Crippen molar-refractivity contribution in [2.75, 3.05) is 0 Å². The first-order valence-electron chi connectivity index (χ1n) is 4.54. The van der Waals surface area contributed by atoms with Crippen molar-refractivity contribution in [1.29, 1.82) is 0 Å². The van der Waals surface area contributed by atoms with E-state index >= 15 is 0 Å². The van der Waals surface area contributed by atoms with Crippen LogP contribution in [0, 0.1) is 12.8 Å². The Bertz CT molecular complexity index is 287. The van der Waals surface area contributed by atoms with Gasteiger partial charge in [0, 0.05) is 24.2 Å². The molecule has 1 aromatic heterocycles. The lowest BCUT2D eigenvalue weighted by molar-refractivity contribution is -0.121. The molecule has 13 heavy (non-hydrogen) atoms. The molecule has 1 rings (SSSR count). The molecule has 2 nitrogen and oxygen atoms in total. The molecule has 2 heteroatoms. The molecule has 0 radical (unpaired) electrons. The molecule has 0 N–H and O–H groups in total. The average Bonchev–Trinajstić information content (AvgIpc) is 2.08. The molecule has 1 heterocycles. The molecular weight excluding hydrogens is 162 g/mol. The highest BCUT2D eigenvalue weighted by Crippen LogP contribution is 2.05. The Morgan fingerprint density at radius 3 is 2.62 bits per heavy atom. The van der Waals surface area contributed by atoms with Gasteiger partial charge in [-0.05, 0) is 18.6 Å². The van der Waals surface area contributed by atoms with Crippen LogP contribution < -0.4 is 0 Å². The van der Waals surface area contributed by atoms with Crippen LogP contribution in [0.3, 0.4) is 0 Å². The molecule has 0 saturated heterocycles. The summed E-state index contributed by atoms with van der Waals surface area (Å²) in [7, 11) is 0. The predicted octanol–water partition coefficient (Wildman–Crippen LogP) is 2.16. The Morgan fingerprint density at radius 1 is 1.46 bits per heavy atom. The fourth-order valence-electron chi connectivity index (χ4n) is 1.01. The Hall–Kier alpha value is -1.18. The van der Waals surface area contributed by atoms with Gasteiger partial charge in [0.25, 0.3) is 0 Å². The van der Waals surface area contributed by atoms with Crippen LogP contribution in [0.4, 0.5) is 0 Å². The monoisotopic (exact) mass is 177 g/mol. The fraction of sp³-hybridized carbons (Fsp3) is 0.455. The summed E-state index contributed by atoms with van der Waals surface area (Å²) in [5.74, 6) is 0.381. The molecule has 0 atom stereocenters. The number of hydrogen-bond acceptors (Lipinski definition) is 2. The van der Waals surface area contributed by atoms with Crippen molar-refractivity contribution in [3.63, 3.8) is 0 Å². The third-order valence-corrected chi connectivity index (χ3v) is 1.99. The van der Waals surface area contributed by atoms with Crippen molar-refractivity contribution in [1.82, 2.24) is 4.98 Å². The number of nitrogens with zero attached hydrogens (tertiary/aromatic N) is 1. The summed E-state index contributed by atoms with van der Waals surface area (Å²) in [5, 5.41) is 0. The van der Waals surface area contributed by atoms with E-state index in [9.17, 15) is 4.79 Å². The van der Waals surface area contributed by atoms with Gasteiger partial charge in [0.1, 0.15) is 5.78 Å². The zero-order valence-electron chi connectivity index (χ0n) is 8.37. The van der Waals surface area contributed by atoms with E-state index in [4.69, 9.17) is 0 Å². The maximum Gasteiger partial charge on any atom is 0.139 e. The number of aryl methyl sites for hydroxylation is 1. The lowest BCUT2D eigenvalue weighted by atomic mass is 10.0. The van der Waals surface area contributed by atoms with Crippen LogP contribution in [0.2, 0.25) is 0 Å². The van der Waals surface area contributed by atoms with E-state index in [1.807, 2.05) is 32.9 Å². The summed E-state index contributed by atoms with van der Waals surface area (Å²) < 4.78 is 0. The van der Waals surface area contributed by atoms with Crippen LogP contribution >= 0.6 is 0 Å². The number of aromatic nitrogens is 1. The number of Topliss-reactive ketones (excluding diaryl/α,β-unsaturated/α-hetero) is 1. The molecule has 0 unspecified atom stereocenters. The Kier molecular flexibility index (Phi) is 3.18. The van der Waals surface area contributed by atoms with Crippen molar-refractivity contribution >= 4 is 5.78 Å². The summed E-state index contributed by atoms with van der Waals surface area (Å²) in [6.07, 6.45) is 2.28. The molecule has 0 aliphatic heterocycles. The van der Waals surface area contributed by atoms with Crippen LogP contribution in [0.25, 0.3) is 0 Å². The molecule has 1 aromatic rings. The zero-order chi connectivity index (χ0) is 9.84. The van der Waals surface area contributed by atoms with Gasteiger partial charge in [0.2, 0.25) is 0 Å². The second kappa shape index (κ2) is 4.17. The number of rotatable bonds is 3. The van der Waals surface area contributed by atoms with Crippen molar-refractivity contribution in [2.45, 2.75) is 27.2 Å². The number of pyridine rings is 1. The average molecular weight is 177 g/mol.